The minimum Gasteiger partial charge on any atom is -0.265 e. The van der Waals surface area contributed by atoms with Gasteiger partial charge in [0.15, 0.2) is 23.3 Å². The first-order valence-electron chi connectivity index (χ1n) is 33.1. The lowest BCUT2D eigenvalue weighted by molar-refractivity contribution is 1.05. The van der Waals surface area contributed by atoms with Gasteiger partial charge in [0.25, 0.3) is 0 Å². The second kappa shape index (κ2) is 38.5. The Kier molecular flexibility index (Phi) is 26.9. The summed E-state index contributed by atoms with van der Waals surface area (Å²) in [5, 5.41) is 0. The molecule has 17 nitrogen and oxygen atoms in total. The first-order chi connectivity index (χ1) is 50.5. The van der Waals surface area contributed by atoms with E-state index in [1.165, 1.54) is 22.3 Å². The molecular formula is C86H75N17. The van der Waals surface area contributed by atoms with Crippen LogP contribution in [0.2, 0.25) is 0 Å². The molecule has 0 spiro atoms. The number of hydrogen-bond acceptors (Lipinski definition) is 17. The zero-order valence-electron chi connectivity index (χ0n) is 58.3. The van der Waals surface area contributed by atoms with Crippen LogP contribution in [0, 0.1) is 48.5 Å². The van der Waals surface area contributed by atoms with Gasteiger partial charge < -0.3 is 0 Å². The van der Waals surface area contributed by atoms with Gasteiger partial charge in [0.2, 0.25) is 0 Å². The molecule has 0 radical (unpaired) electrons. The number of pyridine rings is 7. The van der Waals surface area contributed by atoms with Gasteiger partial charge in [0.1, 0.15) is 11.5 Å². The van der Waals surface area contributed by atoms with Crippen molar-refractivity contribution in [3.05, 3.63) is 369 Å². The summed E-state index contributed by atoms with van der Waals surface area (Å²) < 4.78 is 0. The highest BCUT2D eigenvalue weighted by atomic mass is 14.9. The van der Waals surface area contributed by atoms with Crippen LogP contribution >= 0.6 is 0 Å². The Morgan fingerprint density at radius 3 is 0.961 bits per heavy atom. The highest BCUT2D eigenvalue weighted by molar-refractivity contribution is 5.72. The summed E-state index contributed by atoms with van der Waals surface area (Å²) in [4.78, 5) is 71.5. The van der Waals surface area contributed by atoms with Gasteiger partial charge >= 0.3 is 0 Å². The molecule has 12 aromatic heterocycles. The fraction of sp³-hybridized carbons (Fsp3) is 0.0814. The average Bonchev–Trinajstić information content (AvgIpc) is 0.836. The normalized spacial score (nSPS) is 10.1. The molecule has 0 aliphatic rings. The maximum Gasteiger partial charge on any atom is 0.178 e. The van der Waals surface area contributed by atoms with E-state index in [0.717, 1.165) is 113 Å². The predicted molar refractivity (Wildman–Crippen MR) is 410 cm³/mol. The van der Waals surface area contributed by atoms with E-state index in [0.29, 0.717) is 5.82 Å². The van der Waals surface area contributed by atoms with Gasteiger partial charge in [0, 0.05) is 151 Å². The predicted octanol–water partition coefficient (Wildman–Crippen LogP) is 18.7. The maximum absolute atomic E-state index is 4.63. The highest BCUT2D eigenvalue weighted by Crippen LogP contribution is 2.27. The Balaban J connectivity index is 0.000000130. The summed E-state index contributed by atoms with van der Waals surface area (Å²) in [7, 11) is 0. The molecule has 0 saturated heterocycles. The Hall–Kier alpha value is -13.7. The van der Waals surface area contributed by atoms with Crippen LogP contribution in [0.1, 0.15) is 39.5 Å². The smallest absolute Gasteiger partial charge is 0.178 e. The summed E-state index contributed by atoms with van der Waals surface area (Å²) >= 11 is 0. The van der Waals surface area contributed by atoms with Crippen molar-refractivity contribution in [2.24, 2.45) is 0 Å². The lowest BCUT2D eigenvalue weighted by Gasteiger charge is -2.07. The molecule has 16 aromatic rings. The van der Waals surface area contributed by atoms with E-state index in [9.17, 15) is 0 Å². The molecule has 0 aliphatic carbocycles. The fourth-order valence-electron chi connectivity index (χ4n) is 9.65. The topological polar surface area (TPSA) is 219 Å². The van der Waals surface area contributed by atoms with Crippen molar-refractivity contribution >= 4 is 0 Å². The molecule has 12 heterocycles. The van der Waals surface area contributed by atoms with E-state index in [1.807, 2.05) is 231 Å². The zero-order valence-corrected chi connectivity index (χ0v) is 58.3. The number of rotatable bonds is 9. The lowest BCUT2D eigenvalue weighted by Crippen LogP contribution is -1.91. The van der Waals surface area contributed by atoms with E-state index in [2.05, 4.69) is 158 Å². The third kappa shape index (κ3) is 23.2. The van der Waals surface area contributed by atoms with Gasteiger partial charge in [-0.15, -0.1) is 0 Å². The lowest BCUT2D eigenvalue weighted by atomic mass is 10.0. The van der Waals surface area contributed by atoms with E-state index in [4.69, 9.17) is 0 Å². The molecule has 0 saturated carbocycles. The Labute approximate surface area is 601 Å². The second-order valence-corrected chi connectivity index (χ2v) is 23.2. The van der Waals surface area contributed by atoms with Crippen molar-refractivity contribution in [2.45, 2.75) is 48.5 Å². The number of aryl methyl sites for hydroxylation is 7. The van der Waals surface area contributed by atoms with Gasteiger partial charge in [0.05, 0.1) is 17.1 Å². The minimum atomic E-state index is 0.672. The molecule has 504 valence electrons. The Morgan fingerprint density at radius 2 is 0.534 bits per heavy atom. The molecular weight excluding hydrogens is 1270 g/mol. The van der Waals surface area contributed by atoms with Crippen molar-refractivity contribution in [3.63, 3.8) is 0 Å². The van der Waals surface area contributed by atoms with Crippen LogP contribution < -0.4 is 0 Å². The molecule has 0 N–H and O–H groups in total. The quantitative estimate of drug-likeness (QED) is 0.131. The molecule has 103 heavy (non-hydrogen) atoms. The van der Waals surface area contributed by atoms with Gasteiger partial charge in [-0.2, -0.15) is 0 Å². The van der Waals surface area contributed by atoms with Gasteiger partial charge in [-0.25, -0.2) is 49.8 Å². The monoisotopic (exact) mass is 1350 g/mol. The molecule has 0 fully saturated rings. The van der Waals surface area contributed by atoms with Gasteiger partial charge in [-0.05, 0) is 183 Å². The molecule has 0 unspecified atom stereocenters. The van der Waals surface area contributed by atoms with Crippen LogP contribution in [-0.4, -0.2) is 84.7 Å². The van der Waals surface area contributed by atoms with Crippen LogP contribution in [0.15, 0.2) is 330 Å². The molecule has 0 bridgehead atoms. The van der Waals surface area contributed by atoms with Crippen LogP contribution in [0.25, 0.3) is 102 Å². The molecule has 0 aliphatic heterocycles. The number of aromatic nitrogens is 17. The number of nitrogens with zero attached hydrogens (tertiary/aromatic N) is 17. The molecule has 0 atom stereocenters. The second-order valence-electron chi connectivity index (χ2n) is 23.2. The third-order valence-electron chi connectivity index (χ3n) is 14.8. The summed E-state index contributed by atoms with van der Waals surface area (Å²) in [6.45, 7) is 13.8. The van der Waals surface area contributed by atoms with Crippen LogP contribution in [0.4, 0.5) is 0 Å². The van der Waals surface area contributed by atoms with Gasteiger partial charge in [-0.1, -0.05) is 133 Å². The molecule has 4 aromatic carbocycles. The van der Waals surface area contributed by atoms with Crippen LogP contribution in [0.3, 0.4) is 0 Å². The van der Waals surface area contributed by atoms with E-state index in [1.54, 1.807) is 74.4 Å². The van der Waals surface area contributed by atoms with Crippen molar-refractivity contribution in [3.8, 4) is 102 Å². The average molecular weight is 1350 g/mol. The van der Waals surface area contributed by atoms with Crippen LogP contribution in [-0.2, 0) is 0 Å². The first-order valence-corrected chi connectivity index (χ1v) is 33.1. The molecule has 0 amide bonds. The summed E-state index contributed by atoms with van der Waals surface area (Å²) in [5.41, 5.74) is 21.1. The largest absolute Gasteiger partial charge is 0.265 e. The maximum atomic E-state index is 4.63. The third-order valence-corrected chi connectivity index (χ3v) is 14.8. The molecule has 16 rings (SSSR count). The van der Waals surface area contributed by atoms with Crippen LogP contribution in [0.5, 0.6) is 0 Å². The van der Waals surface area contributed by atoms with E-state index < -0.39 is 0 Å². The summed E-state index contributed by atoms with van der Waals surface area (Å²) in [6.07, 6.45) is 32.1. The standard InChI is InChI=1S/C18H15N.C17H14N2.C11H10N2.4C10H9N3/c1-14-12-17(15-8-4-2-5-9-15)13-18(19-14)16-10-6-3-7-11-16;1-13-11-15(14-7-3-2-4-8-14)12-17(19-13)16-9-5-6-10-18-16;1-9-7-12-11(13-8-9)10-5-3-2-4-6-10;1-8-12-6-10(7-13-8)9-2-4-11-5-3-9;1-8-6-12-10(13-7-8)9-2-4-11-5-3-9;1-8-5-12-10(13-6-8)9-3-2-4-11-7-9;1-8-6-12-10(13-7-8)9-4-2-3-5-11-9/h2-13H,1H3;2-12H,1H3;2-8H,1H3;4*2-7H,1H3. The van der Waals surface area contributed by atoms with Crippen molar-refractivity contribution in [1.82, 2.24) is 84.7 Å². The Morgan fingerprint density at radius 1 is 0.184 bits per heavy atom. The first kappa shape index (κ1) is 72.1. The SMILES string of the molecule is Cc1cc(-c2ccccc2)cc(-c2ccccc2)n1.Cc1cc(-c2ccccc2)cc(-c2ccccn2)n1.Cc1cnc(-c2ccccc2)nc1.Cc1cnc(-c2ccccn2)nc1.Cc1cnc(-c2cccnc2)nc1.Cc1cnc(-c2ccncc2)nc1.Cc1ncc(-c2ccncc2)cn1. The summed E-state index contributed by atoms with van der Waals surface area (Å²) in [5.74, 6) is 3.71. The summed E-state index contributed by atoms with van der Waals surface area (Å²) in [6, 6.07) is 72.5. The number of benzene rings is 4. The fourth-order valence-corrected chi connectivity index (χ4v) is 9.65. The van der Waals surface area contributed by atoms with Crippen molar-refractivity contribution in [1.29, 1.82) is 0 Å². The van der Waals surface area contributed by atoms with Gasteiger partial charge in [-0.3, -0.25) is 34.9 Å². The number of hydrogen-bond donors (Lipinski definition) is 0. The van der Waals surface area contributed by atoms with Crippen molar-refractivity contribution < 1.29 is 0 Å². The Bertz CT molecular complexity index is 4360. The molecule has 17 heteroatoms. The van der Waals surface area contributed by atoms with Crippen molar-refractivity contribution in [2.75, 3.05) is 0 Å². The van der Waals surface area contributed by atoms with E-state index >= 15 is 0 Å². The highest BCUT2D eigenvalue weighted by Gasteiger charge is 2.08. The minimum absolute atomic E-state index is 0.672. The van der Waals surface area contributed by atoms with E-state index in [-0.39, 0.29) is 0 Å². The zero-order chi connectivity index (χ0) is 71.6.